The van der Waals surface area contributed by atoms with E-state index in [-0.39, 0.29) is 11.9 Å². The summed E-state index contributed by atoms with van der Waals surface area (Å²) in [4.78, 5) is 21.9. The van der Waals surface area contributed by atoms with E-state index in [0.29, 0.717) is 25.0 Å². The smallest absolute Gasteiger partial charge is 0.305 e. The van der Waals surface area contributed by atoms with Crippen LogP contribution in [-0.2, 0) is 14.3 Å². The van der Waals surface area contributed by atoms with Crippen LogP contribution in [0.15, 0.2) is 0 Å². The van der Waals surface area contributed by atoms with Crippen LogP contribution in [0.1, 0.15) is 32.1 Å². The van der Waals surface area contributed by atoms with Gasteiger partial charge in [-0.25, -0.2) is 0 Å². The summed E-state index contributed by atoms with van der Waals surface area (Å²) < 4.78 is 4.50. The number of ketones is 1. The maximum Gasteiger partial charge on any atom is 0.305 e. The predicted octanol–water partition coefficient (Wildman–Crippen LogP) is 1.31. The summed E-state index contributed by atoms with van der Waals surface area (Å²) in [6.45, 7) is 0. The van der Waals surface area contributed by atoms with Gasteiger partial charge in [-0.3, -0.25) is 9.59 Å². The van der Waals surface area contributed by atoms with Crippen LogP contribution in [0.25, 0.3) is 0 Å². The van der Waals surface area contributed by atoms with Gasteiger partial charge in [0.05, 0.1) is 7.11 Å². The monoisotopic (exact) mass is 170 g/mol. The molecule has 0 bridgehead atoms. The van der Waals surface area contributed by atoms with Crippen LogP contribution in [0.5, 0.6) is 0 Å². The summed E-state index contributed by atoms with van der Waals surface area (Å²) in [5.74, 6) is 0.234. The average molecular weight is 170 g/mol. The van der Waals surface area contributed by atoms with Gasteiger partial charge in [0.15, 0.2) is 0 Å². The molecule has 0 heterocycles. The van der Waals surface area contributed by atoms with Crippen molar-refractivity contribution in [1.29, 1.82) is 0 Å². The van der Waals surface area contributed by atoms with E-state index in [1.165, 1.54) is 7.11 Å². The van der Waals surface area contributed by atoms with Gasteiger partial charge >= 0.3 is 5.97 Å². The van der Waals surface area contributed by atoms with Crippen LogP contribution < -0.4 is 0 Å². The number of hydrogen-bond acceptors (Lipinski definition) is 3. The van der Waals surface area contributed by atoms with Crippen molar-refractivity contribution in [2.24, 2.45) is 5.92 Å². The molecular formula is C9H14O3. The summed E-state index contributed by atoms with van der Waals surface area (Å²) in [6.07, 6.45) is 3.70. The molecule has 0 aliphatic heterocycles. The van der Waals surface area contributed by atoms with E-state index in [1.807, 2.05) is 0 Å². The molecule has 0 aromatic heterocycles. The number of Topliss-reactive ketones (excluding diaryl/α,β-unsaturated/α-hetero) is 1. The Morgan fingerprint density at radius 1 is 1.67 bits per heavy atom. The highest BCUT2D eigenvalue weighted by Crippen LogP contribution is 2.25. The van der Waals surface area contributed by atoms with E-state index in [9.17, 15) is 9.59 Å². The molecule has 3 heteroatoms. The lowest BCUT2D eigenvalue weighted by molar-refractivity contribution is -0.141. The molecule has 1 atom stereocenters. The third-order valence-corrected chi connectivity index (χ3v) is 2.36. The Morgan fingerprint density at radius 3 is 2.92 bits per heavy atom. The Labute approximate surface area is 72.1 Å². The molecule has 0 saturated heterocycles. The quantitative estimate of drug-likeness (QED) is 0.600. The molecule has 1 saturated carbocycles. The number of carbonyl (C=O) groups excluding carboxylic acids is 2. The molecule has 68 valence electrons. The highest BCUT2D eigenvalue weighted by molar-refractivity contribution is 5.83. The van der Waals surface area contributed by atoms with Gasteiger partial charge in [-0.2, -0.15) is 0 Å². The van der Waals surface area contributed by atoms with Crippen LogP contribution in [0.2, 0.25) is 0 Å². The van der Waals surface area contributed by atoms with Crippen molar-refractivity contribution >= 4 is 11.8 Å². The summed E-state index contributed by atoms with van der Waals surface area (Å²) in [5, 5.41) is 0. The maximum absolute atomic E-state index is 11.1. The Kier molecular flexibility index (Phi) is 3.26. The van der Waals surface area contributed by atoms with Crippen LogP contribution in [0.3, 0.4) is 0 Å². The summed E-state index contributed by atoms with van der Waals surface area (Å²) in [5.41, 5.74) is 0. The van der Waals surface area contributed by atoms with Crippen molar-refractivity contribution < 1.29 is 14.3 Å². The first-order chi connectivity index (χ1) is 5.74. The Bertz CT molecular complexity index is 186. The molecule has 3 nitrogen and oxygen atoms in total. The zero-order valence-electron chi connectivity index (χ0n) is 7.34. The van der Waals surface area contributed by atoms with Crippen LogP contribution in [-0.4, -0.2) is 18.9 Å². The molecule has 0 aromatic rings. The summed E-state index contributed by atoms with van der Waals surface area (Å²) in [7, 11) is 1.37. The first kappa shape index (κ1) is 9.23. The van der Waals surface area contributed by atoms with Gasteiger partial charge in [-0.15, -0.1) is 0 Å². The van der Waals surface area contributed by atoms with E-state index in [2.05, 4.69) is 4.74 Å². The minimum Gasteiger partial charge on any atom is -0.469 e. The lowest BCUT2D eigenvalue weighted by Crippen LogP contribution is -2.09. The number of hydrogen-bond donors (Lipinski definition) is 0. The minimum atomic E-state index is -0.213. The van der Waals surface area contributed by atoms with Crippen LogP contribution in [0.4, 0.5) is 0 Å². The van der Waals surface area contributed by atoms with Gasteiger partial charge < -0.3 is 4.74 Å². The highest BCUT2D eigenvalue weighted by atomic mass is 16.5. The standard InChI is InChI=1S/C9H14O3/c1-12-9(11)6-5-7-3-2-4-8(7)10/h7H,2-6H2,1H3. The SMILES string of the molecule is COC(=O)CCC1CCCC1=O. The zero-order valence-corrected chi connectivity index (χ0v) is 7.34. The normalized spacial score (nSPS) is 22.8. The van der Waals surface area contributed by atoms with Gasteiger partial charge in [0, 0.05) is 18.8 Å². The second-order valence-corrected chi connectivity index (χ2v) is 3.17. The molecule has 12 heavy (non-hydrogen) atoms. The first-order valence-corrected chi connectivity index (χ1v) is 4.33. The van der Waals surface area contributed by atoms with E-state index >= 15 is 0 Å². The van der Waals surface area contributed by atoms with Gasteiger partial charge in [0.25, 0.3) is 0 Å². The molecule has 0 amide bonds. The fourth-order valence-electron chi connectivity index (χ4n) is 1.59. The third kappa shape index (κ3) is 2.32. The van der Waals surface area contributed by atoms with Crippen LogP contribution in [0, 0.1) is 5.92 Å². The third-order valence-electron chi connectivity index (χ3n) is 2.36. The second kappa shape index (κ2) is 4.24. The number of rotatable bonds is 3. The summed E-state index contributed by atoms with van der Waals surface area (Å²) >= 11 is 0. The Morgan fingerprint density at radius 2 is 2.42 bits per heavy atom. The molecule has 1 fully saturated rings. The predicted molar refractivity (Wildman–Crippen MR) is 43.6 cm³/mol. The molecule has 1 aliphatic rings. The number of methoxy groups -OCH3 is 1. The molecular weight excluding hydrogens is 156 g/mol. The molecule has 0 radical (unpaired) electrons. The lowest BCUT2D eigenvalue weighted by atomic mass is 10.0. The average Bonchev–Trinajstić information content (AvgIpc) is 2.47. The Balaban J connectivity index is 2.22. The maximum atomic E-state index is 11.1. The van der Waals surface area contributed by atoms with Crippen molar-refractivity contribution in [2.75, 3.05) is 7.11 Å². The largest absolute Gasteiger partial charge is 0.469 e. The fraction of sp³-hybridized carbons (Fsp3) is 0.778. The number of ether oxygens (including phenoxy) is 1. The van der Waals surface area contributed by atoms with Crippen molar-refractivity contribution in [3.63, 3.8) is 0 Å². The van der Waals surface area contributed by atoms with Gasteiger partial charge in [0.2, 0.25) is 0 Å². The van der Waals surface area contributed by atoms with Crippen LogP contribution >= 0.6 is 0 Å². The first-order valence-electron chi connectivity index (χ1n) is 4.33. The van der Waals surface area contributed by atoms with Crippen molar-refractivity contribution in [3.8, 4) is 0 Å². The lowest BCUT2D eigenvalue weighted by Gasteiger charge is -2.05. The van der Waals surface area contributed by atoms with Gasteiger partial charge in [0.1, 0.15) is 5.78 Å². The molecule has 1 unspecified atom stereocenters. The molecule has 0 N–H and O–H groups in total. The topological polar surface area (TPSA) is 43.4 Å². The Hall–Kier alpha value is -0.860. The van der Waals surface area contributed by atoms with Crippen molar-refractivity contribution in [3.05, 3.63) is 0 Å². The van der Waals surface area contributed by atoms with Gasteiger partial charge in [-0.1, -0.05) is 0 Å². The minimum absolute atomic E-state index is 0.129. The second-order valence-electron chi connectivity index (χ2n) is 3.17. The van der Waals surface area contributed by atoms with Gasteiger partial charge in [-0.05, 0) is 19.3 Å². The van der Waals surface area contributed by atoms with E-state index < -0.39 is 0 Å². The van der Waals surface area contributed by atoms with Crippen molar-refractivity contribution in [1.82, 2.24) is 0 Å². The molecule has 1 rings (SSSR count). The molecule has 1 aliphatic carbocycles. The molecule has 0 spiro atoms. The fourth-order valence-corrected chi connectivity index (χ4v) is 1.59. The number of carbonyl (C=O) groups is 2. The summed E-state index contributed by atoms with van der Waals surface area (Å²) in [6, 6.07) is 0. The van der Waals surface area contributed by atoms with E-state index in [1.54, 1.807) is 0 Å². The number of esters is 1. The van der Waals surface area contributed by atoms with E-state index in [0.717, 1.165) is 12.8 Å². The molecule has 0 aromatic carbocycles. The highest BCUT2D eigenvalue weighted by Gasteiger charge is 2.24. The zero-order chi connectivity index (χ0) is 8.97. The van der Waals surface area contributed by atoms with E-state index in [4.69, 9.17) is 0 Å². The van der Waals surface area contributed by atoms with Crippen molar-refractivity contribution in [2.45, 2.75) is 32.1 Å².